The minimum Gasteiger partial charge on any atom is -0.496 e. The van der Waals surface area contributed by atoms with Gasteiger partial charge in [-0.05, 0) is 50.2 Å². The number of hydrogen-bond donors (Lipinski definition) is 0. The summed E-state index contributed by atoms with van der Waals surface area (Å²) in [6, 6.07) is 11.7. The number of esters is 2. The molecule has 0 amide bonds. The van der Waals surface area contributed by atoms with Crippen molar-refractivity contribution in [1.29, 1.82) is 10.5 Å². The number of ether oxygens (including phenoxy) is 4. The topological polar surface area (TPSA) is 119 Å². The maximum Gasteiger partial charge on any atom is 0.338 e. The normalized spacial score (nSPS) is 10.3. The van der Waals surface area contributed by atoms with E-state index in [1.54, 1.807) is 26.0 Å². The van der Waals surface area contributed by atoms with Crippen molar-refractivity contribution in [2.45, 2.75) is 33.4 Å². The molecule has 0 aliphatic rings. The number of rotatable bonds is 10. The van der Waals surface area contributed by atoms with Gasteiger partial charge in [0.15, 0.2) is 11.6 Å². The third-order valence-corrected chi connectivity index (χ3v) is 7.71. The minimum absolute atomic E-state index is 0.162. The van der Waals surface area contributed by atoms with Crippen LogP contribution >= 0.6 is 23.5 Å². The second kappa shape index (κ2) is 13.7. The quantitative estimate of drug-likeness (QED) is 0.248. The number of carbonyl (C=O) groups is 2. The predicted octanol–water partition coefficient (Wildman–Crippen LogP) is 6.38. The van der Waals surface area contributed by atoms with E-state index in [0.717, 1.165) is 23.5 Å². The van der Waals surface area contributed by atoms with Crippen molar-refractivity contribution >= 4 is 35.5 Å². The van der Waals surface area contributed by atoms with E-state index in [1.807, 2.05) is 0 Å². The molecule has 0 fully saturated rings. The molecule has 40 heavy (non-hydrogen) atoms. The van der Waals surface area contributed by atoms with Gasteiger partial charge in [-0.25, -0.2) is 18.4 Å². The van der Waals surface area contributed by atoms with Gasteiger partial charge < -0.3 is 18.9 Å². The summed E-state index contributed by atoms with van der Waals surface area (Å²) in [6.07, 6.45) is 0. The first kappa shape index (κ1) is 30.3. The Kier molecular flexibility index (Phi) is 10.4. The van der Waals surface area contributed by atoms with Crippen LogP contribution in [0.1, 0.15) is 45.7 Å². The van der Waals surface area contributed by atoms with Crippen molar-refractivity contribution in [2.75, 3.05) is 27.4 Å². The van der Waals surface area contributed by atoms with Crippen molar-refractivity contribution in [3.8, 4) is 23.6 Å². The van der Waals surface area contributed by atoms with Crippen LogP contribution in [-0.4, -0.2) is 39.4 Å². The van der Waals surface area contributed by atoms with E-state index in [4.69, 9.17) is 18.9 Å². The van der Waals surface area contributed by atoms with Gasteiger partial charge in [-0.1, -0.05) is 23.5 Å². The van der Waals surface area contributed by atoms with Crippen LogP contribution in [0.5, 0.6) is 11.5 Å². The molecular weight excluding hydrogens is 562 g/mol. The number of methoxy groups -OCH3 is 2. The molecule has 0 heterocycles. The number of nitriles is 2. The van der Waals surface area contributed by atoms with Crippen LogP contribution in [0.2, 0.25) is 0 Å². The molecule has 0 bridgehead atoms. The summed E-state index contributed by atoms with van der Waals surface area (Å²) in [7, 11) is 2.69. The van der Waals surface area contributed by atoms with E-state index < -0.39 is 34.7 Å². The molecule has 3 rings (SSSR count). The minimum atomic E-state index is -1.11. The van der Waals surface area contributed by atoms with Gasteiger partial charge in [0, 0.05) is 0 Å². The lowest BCUT2D eigenvalue weighted by molar-refractivity contribution is 0.0516. The lowest BCUT2D eigenvalue weighted by Crippen LogP contribution is -2.05. The first-order chi connectivity index (χ1) is 19.2. The van der Waals surface area contributed by atoms with Crippen molar-refractivity contribution in [1.82, 2.24) is 0 Å². The smallest absolute Gasteiger partial charge is 0.338 e. The van der Waals surface area contributed by atoms with Crippen LogP contribution in [0.3, 0.4) is 0 Å². The first-order valence-corrected chi connectivity index (χ1v) is 13.3. The average Bonchev–Trinajstić information content (AvgIpc) is 2.96. The monoisotopic (exact) mass is 584 g/mol. The molecule has 3 aromatic rings. The molecule has 0 unspecified atom stereocenters. The molecule has 12 heteroatoms. The van der Waals surface area contributed by atoms with Crippen LogP contribution in [0.4, 0.5) is 8.78 Å². The molecule has 0 N–H and O–H groups in total. The largest absolute Gasteiger partial charge is 0.496 e. The van der Waals surface area contributed by atoms with E-state index in [0.29, 0.717) is 9.79 Å². The third kappa shape index (κ3) is 6.30. The molecule has 0 atom stereocenters. The molecule has 3 aromatic carbocycles. The fourth-order valence-corrected chi connectivity index (χ4v) is 5.64. The highest BCUT2D eigenvalue weighted by Crippen LogP contribution is 2.48. The molecule has 0 spiro atoms. The zero-order valence-electron chi connectivity index (χ0n) is 21.8. The van der Waals surface area contributed by atoms with Gasteiger partial charge in [-0.3, -0.25) is 0 Å². The van der Waals surface area contributed by atoms with Crippen LogP contribution in [0.15, 0.2) is 56.0 Å². The van der Waals surface area contributed by atoms with Gasteiger partial charge in [0.25, 0.3) is 0 Å². The number of nitrogens with zero attached hydrogens (tertiary/aromatic N) is 2. The average molecular weight is 585 g/mol. The van der Waals surface area contributed by atoms with Crippen LogP contribution in [-0.2, 0) is 9.47 Å². The molecule has 0 saturated heterocycles. The fraction of sp³-hybridized carbons (Fsp3) is 0.214. The van der Waals surface area contributed by atoms with Crippen LogP contribution in [0.25, 0.3) is 0 Å². The summed E-state index contributed by atoms with van der Waals surface area (Å²) in [5.74, 6) is -3.04. The highest BCUT2D eigenvalue weighted by Gasteiger charge is 2.28. The number of benzene rings is 3. The number of halogens is 2. The number of carbonyl (C=O) groups excluding carboxylic acids is 2. The summed E-state index contributed by atoms with van der Waals surface area (Å²) in [4.78, 5) is 24.3. The summed E-state index contributed by atoms with van der Waals surface area (Å²) < 4.78 is 52.2. The summed E-state index contributed by atoms with van der Waals surface area (Å²) >= 11 is 1.50. The van der Waals surface area contributed by atoms with Gasteiger partial charge in [0.05, 0.1) is 58.1 Å². The summed E-state index contributed by atoms with van der Waals surface area (Å²) in [5, 5.41) is 19.0. The van der Waals surface area contributed by atoms with Gasteiger partial charge in [0.1, 0.15) is 34.8 Å². The van der Waals surface area contributed by atoms with Gasteiger partial charge >= 0.3 is 11.9 Å². The maximum atomic E-state index is 15.7. The Hall–Kier alpha value is -4.26. The second-order valence-corrected chi connectivity index (χ2v) is 9.74. The predicted molar refractivity (Wildman–Crippen MR) is 142 cm³/mol. The van der Waals surface area contributed by atoms with Crippen molar-refractivity contribution < 1.29 is 37.3 Å². The van der Waals surface area contributed by atoms with Crippen molar-refractivity contribution in [3.63, 3.8) is 0 Å². The van der Waals surface area contributed by atoms with E-state index in [2.05, 4.69) is 0 Å². The molecule has 0 aromatic heterocycles. The van der Waals surface area contributed by atoms with Crippen LogP contribution < -0.4 is 9.47 Å². The van der Waals surface area contributed by atoms with Gasteiger partial charge in [0.2, 0.25) is 0 Å². The zero-order valence-corrected chi connectivity index (χ0v) is 23.4. The summed E-state index contributed by atoms with van der Waals surface area (Å²) in [5.41, 5.74) is -1.13. The second-order valence-electron chi connectivity index (χ2n) is 7.64. The highest BCUT2D eigenvalue weighted by molar-refractivity contribution is 8.02. The Labute approximate surface area is 237 Å². The molecule has 0 saturated carbocycles. The molecule has 0 aliphatic heterocycles. The third-order valence-electron chi connectivity index (χ3n) is 5.29. The van der Waals surface area contributed by atoms with Gasteiger partial charge in [-0.15, -0.1) is 0 Å². The first-order valence-electron chi connectivity index (χ1n) is 11.7. The Morgan fingerprint density at radius 2 is 1.12 bits per heavy atom. The van der Waals surface area contributed by atoms with Crippen molar-refractivity contribution in [3.05, 3.63) is 70.3 Å². The summed E-state index contributed by atoms with van der Waals surface area (Å²) in [6.45, 7) is 3.64. The molecular formula is C28H22F2N2O6S2. The van der Waals surface area contributed by atoms with E-state index in [1.165, 1.54) is 50.6 Å². The van der Waals surface area contributed by atoms with E-state index in [-0.39, 0.29) is 45.6 Å². The number of hydrogen-bond acceptors (Lipinski definition) is 10. The fourth-order valence-electron chi connectivity index (χ4n) is 3.44. The van der Waals surface area contributed by atoms with E-state index in [9.17, 15) is 20.1 Å². The van der Waals surface area contributed by atoms with Crippen molar-refractivity contribution in [2.24, 2.45) is 0 Å². The highest BCUT2D eigenvalue weighted by atomic mass is 32.2. The standard InChI is InChI=1S/C28H22F2N2O6S2/c1-5-37-27(33)15-7-9-21(19(11-15)35-3)39-25-23(29)17(13-31)18(14-32)24(30)26(25)40-22-10-8-16(12-20(22)36-4)28(34)38-6-2/h7-12H,5-6H2,1-4H3. The molecule has 206 valence electrons. The van der Waals surface area contributed by atoms with Gasteiger partial charge in [-0.2, -0.15) is 10.5 Å². The molecule has 0 aliphatic carbocycles. The molecule has 8 nitrogen and oxygen atoms in total. The Balaban J connectivity index is 2.18. The Morgan fingerprint density at radius 1 is 0.750 bits per heavy atom. The lowest BCUT2D eigenvalue weighted by Gasteiger charge is -2.17. The maximum absolute atomic E-state index is 15.7. The lowest BCUT2D eigenvalue weighted by atomic mass is 10.1. The zero-order chi connectivity index (χ0) is 29.4. The van der Waals surface area contributed by atoms with Crippen LogP contribution in [0, 0.1) is 34.3 Å². The SMILES string of the molecule is CCOC(=O)c1ccc(Sc2c(F)c(C#N)c(C#N)c(F)c2Sc2ccc(C(=O)OCC)cc2OC)c(OC)c1. The molecule has 0 radical (unpaired) electrons. The Bertz CT molecular complexity index is 1430. The Morgan fingerprint density at radius 3 is 1.43 bits per heavy atom. The van der Waals surface area contributed by atoms with E-state index >= 15 is 8.78 Å².